The first-order valence-electron chi connectivity index (χ1n) is 8.68. The number of nitrogens with zero attached hydrogens (tertiary/aromatic N) is 3. The Morgan fingerprint density at radius 3 is 2.69 bits per heavy atom. The number of thioether (sulfide) groups is 1. The van der Waals surface area contributed by atoms with Gasteiger partial charge in [-0.2, -0.15) is 0 Å². The number of aromatic nitrogens is 3. The lowest BCUT2D eigenvalue weighted by molar-refractivity contribution is -0.113. The maximum Gasteiger partial charge on any atom is 0.234 e. The van der Waals surface area contributed by atoms with Gasteiger partial charge < -0.3 is 14.3 Å². The summed E-state index contributed by atoms with van der Waals surface area (Å²) < 4.78 is 9.69. The standard InChI is InChI=1S/C20H16Br2N4O2S/c1-11-7-13(21)3-5-15(11)23-18(27)10-29-20-25-24-19(26(20)2)17-9-12-8-14(22)4-6-16(12)28-17/h3-9H,10H2,1-2H3,(H,23,27). The third-order valence-corrected chi connectivity index (χ3v) is 6.34. The van der Waals surface area contributed by atoms with Gasteiger partial charge in [0.25, 0.3) is 0 Å². The fourth-order valence-electron chi connectivity index (χ4n) is 2.86. The molecule has 0 aliphatic carbocycles. The lowest BCUT2D eigenvalue weighted by Crippen LogP contribution is -2.15. The first-order chi connectivity index (χ1) is 13.9. The van der Waals surface area contributed by atoms with Crippen molar-refractivity contribution < 1.29 is 9.21 Å². The van der Waals surface area contributed by atoms with Crippen LogP contribution in [0.25, 0.3) is 22.6 Å². The largest absolute Gasteiger partial charge is 0.453 e. The Labute approximate surface area is 188 Å². The molecule has 6 nitrogen and oxygen atoms in total. The fraction of sp³-hybridized carbons (Fsp3) is 0.150. The number of anilines is 1. The molecule has 0 radical (unpaired) electrons. The second-order valence-electron chi connectivity index (χ2n) is 6.45. The van der Waals surface area contributed by atoms with E-state index in [0.29, 0.717) is 16.7 Å². The van der Waals surface area contributed by atoms with E-state index in [2.05, 4.69) is 47.4 Å². The maximum atomic E-state index is 12.3. The summed E-state index contributed by atoms with van der Waals surface area (Å²) in [6, 6.07) is 13.5. The average Bonchev–Trinajstić information content (AvgIpc) is 3.25. The summed E-state index contributed by atoms with van der Waals surface area (Å²) in [5.41, 5.74) is 2.57. The van der Waals surface area contributed by atoms with E-state index >= 15 is 0 Å². The topological polar surface area (TPSA) is 73.0 Å². The monoisotopic (exact) mass is 534 g/mol. The Hall–Kier alpha value is -2.10. The number of hydrogen-bond donors (Lipinski definition) is 1. The van der Waals surface area contributed by atoms with E-state index in [1.165, 1.54) is 11.8 Å². The van der Waals surface area contributed by atoms with Gasteiger partial charge in [0.15, 0.2) is 16.7 Å². The van der Waals surface area contributed by atoms with Crippen LogP contribution in [0.1, 0.15) is 5.56 Å². The number of nitrogens with one attached hydrogen (secondary N) is 1. The third-order valence-electron chi connectivity index (χ3n) is 4.33. The predicted molar refractivity (Wildman–Crippen MR) is 122 cm³/mol. The normalized spacial score (nSPS) is 11.2. The van der Waals surface area contributed by atoms with Crippen LogP contribution in [-0.4, -0.2) is 26.4 Å². The molecule has 2 aromatic carbocycles. The Morgan fingerprint density at radius 2 is 1.90 bits per heavy atom. The highest BCUT2D eigenvalue weighted by Crippen LogP contribution is 2.30. The zero-order valence-electron chi connectivity index (χ0n) is 15.6. The van der Waals surface area contributed by atoms with Gasteiger partial charge >= 0.3 is 0 Å². The molecule has 0 saturated heterocycles. The number of carbonyl (C=O) groups is 1. The minimum Gasteiger partial charge on any atom is -0.453 e. The van der Waals surface area contributed by atoms with Gasteiger partial charge in [-0.1, -0.05) is 43.6 Å². The van der Waals surface area contributed by atoms with Crippen LogP contribution >= 0.6 is 43.6 Å². The molecule has 2 aromatic heterocycles. The summed E-state index contributed by atoms with van der Waals surface area (Å²) >= 11 is 8.21. The van der Waals surface area contributed by atoms with Crippen molar-refractivity contribution in [3.63, 3.8) is 0 Å². The van der Waals surface area contributed by atoms with Crippen molar-refractivity contribution in [2.45, 2.75) is 12.1 Å². The zero-order chi connectivity index (χ0) is 20.5. The van der Waals surface area contributed by atoms with Crippen LogP contribution in [0.4, 0.5) is 5.69 Å². The van der Waals surface area contributed by atoms with Crippen molar-refractivity contribution in [2.75, 3.05) is 11.1 Å². The highest BCUT2D eigenvalue weighted by atomic mass is 79.9. The summed E-state index contributed by atoms with van der Waals surface area (Å²) in [6.45, 7) is 1.95. The number of aryl methyl sites for hydroxylation is 1. The van der Waals surface area contributed by atoms with Crippen molar-refractivity contribution in [3.05, 3.63) is 57.0 Å². The van der Waals surface area contributed by atoms with E-state index in [1.54, 1.807) is 0 Å². The molecule has 148 valence electrons. The number of hydrogen-bond acceptors (Lipinski definition) is 5. The molecule has 2 heterocycles. The molecule has 0 unspecified atom stereocenters. The quantitative estimate of drug-likeness (QED) is 0.327. The van der Waals surface area contributed by atoms with Gasteiger partial charge in [0, 0.05) is 27.1 Å². The van der Waals surface area contributed by atoms with Gasteiger partial charge in [0.1, 0.15) is 5.58 Å². The number of carbonyl (C=O) groups excluding carboxylic acids is 1. The van der Waals surface area contributed by atoms with Crippen LogP contribution in [0.15, 0.2) is 61.0 Å². The molecule has 0 saturated carbocycles. The van der Waals surface area contributed by atoms with Gasteiger partial charge in [-0.3, -0.25) is 4.79 Å². The number of halogens is 2. The third kappa shape index (κ3) is 4.41. The summed E-state index contributed by atoms with van der Waals surface area (Å²) in [6.07, 6.45) is 0. The Bertz CT molecular complexity index is 1220. The molecule has 1 N–H and O–H groups in total. The maximum absolute atomic E-state index is 12.3. The number of amides is 1. The van der Waals surface area contributed by atoms with Crippen molar-refractivity contribution in [2.24, 2.45) is 7.05 Å². The van der Waals surface area contributed by atoms with E-state index in [9.17, 15) is 4.79 Å². The number of benzene rings is 2. The highest BCUT2D eigenvalue weighted by molar-refractivity contribution is 9.10. The SMILES string of the molecule is Cc1cc(Br)ccc1NC(=O)CSc1nnc(-c2cc3cc(Br)ccc3o2)n1C. The van der Waals surface area contributed by atoms with E-state index in [-0.39, 0.29) is 11.7 Å². The van der Waals surface area contributed by atoms with Crippen molar-refractivity contribution in [1.82, 2.24) is 14.8 Å². The average molecular weight is 536 g/mol. The minimum absolute atomic E-state index is 0.0986. The molecule has 9 heteroatoms. The van der Waals surface area contributed by atoms with Gasteiger partial charge in [-0.15, -0.1) is 10.2 Å². The molecule has 0 fully saturated rings. The molecule has 0 bridgehead atoms. The fourth-order valence-corrected chi connectivity index (χ4v) is 4.43. The molecule has 1 amide bonds. The van der Waals surface area contributed by atoms with Crippen LogP contribution < -0.4 is 5.32 Å². The predicted octanol–water partition coefficient (Wildman–Crippen LogP) is 5.79. The number of rotatable bonds is 5. The highest BCUT2D eigenvalue weighted by Gasteiger charge is 2.17. The molecule has 0 aliphatic rings. The summed E-state index contributed by atoms with van der Waals surface area (Å²) in [7, 11) is 1.86. The van der Waals surface area contributed by atoms with Gasteiger partial charge in [-0.05, 0) is 55.0 Å². The second kappa shape index (κ2) is 8.33. The lowest BCUT2D eigenvalue weighted by atomic mass is 10.2. The number of fused-ring (bicyclic) bond motifs is 1. The van der Waals surface area contributed by atoms with E-state index in [1.807, 2.05) is 61.0 Å². The van der Waals surface area contributed by atoms with Crippen LogP contribution in [0.5, 0.6) is 0 Å². The van der Waals surface area contributed by atoms with E-state index in [0.717, 1.165) is 31.2 Å². The first kappa shape index (κ1) is 20.2. The van der Waals surface area contributed by atoms with Crippen LogP contribution in [0.2, 0.25) is 0 Å². The summed E-state index contributed by atoms with van der Waals surface area (Å²) in [4.78, 5) is 12.3. The van der Waals surface area contributed by atoms with Gasteiger partial charge in [0.05, 0.1) is 5.75 Å². The van der Waals surface area contributed by atoms with Crippen molar-refractivity contribution >= 4 is 66.2 Å². The Kier molecular flexibility index (Phi) is 5.80. The van der Waals surface area contributed by atoms with Crippen LogP contribution in [0.3, 0.4) is 0 Å². The molecule has 0 atom stereocenters. The van der Waals surface area contributed by atoms with E-state index < -0.39 is 0 Å². The molecule has 4 aromatic rings. The minimum atomic E-state index is -0.0986. The van der Waals surface area contributed by atoms with Gasteiger partial charge in [0.2, 0.25) is 5.91 Å². The zero-order valence-corrected chi connectivity index (χ0v) is 19.6. The number of furan rings is 1. The van der Waals surface area contributed by atoms with Crippen molar-refractivity contribution in [1.29, 1.82) is 0 Å². The molecule has 0 spiro atoms. The van der Waals surface area contributed by atoms with Gasteiger partial charge in [-0.25, -0.2) is 0 Å². The Morgan fingerprint density at radius 1 is 1.14 bits per heavy atom. The van der Waals surface area contributed by atoms with E-state index in [4.69, 9.17) is 4.42 Å². The lowest BCUT2D eigenvalue weighted by Gasteiger charge is -2.08. The second-order valence-corrected chi connectivity index (χ2v) is 9.23. The summed E-state index contributed by atoms with van der Waals surface area (Å²) in [5.74, 6) is 1.38. The molecule has 4 rings (SSSR count). The smallest absolute Gasteiger partial charge is 0.234 e. The Balaban J connectivity index is 1.46. The summed E-state index contributed by atoms with van der Waals surface area (Å²) in [5, 5.41) is 13.0. The van der Waals surface area contributed by atoms with Crippen molar-refractivity contribution in [3.8, 4) is 11.6 Å². The molecular formula is C20H16Br2N4O2S. The molecule has 0 aliphatic heterocycles. The van der Waals surface area contributed by atoms with Crippen LogP contribution in [-0.2, 0) is 11.8 Å². The molecule has 29 heavy (non-hydrogen) atoms. The first-order valence-corrected chi connectivity index (χ1v) is 11.3. The molecular weight excluding hydrogens is 520 g/mol. The van der Waals surface area contributed by atoms with Crippen LogP contribution in [0, 0.1) is 6.92 Å².